The van der Waals surface area contributed by atoms with Gasteiger partial charge in [0.05, 0.1) is 6.04 Å². The number of rotatable bonds is 7. The molecule has 1 unspecified atom stereocenters. The highest BCUT2D eigenvalue weighted by molar-refractivity contribution is 5.89. The number of amides is 1. The van der Waals surface area contributed by atoms with Crippen molar-refractivity contribution < 1.29 is 10.0 Å². The highest BCUT2D eigenvalue weighted by atomic mass is 16.4. The van der Waals surface area contributed by atoms with Crippen LogP contribution in [-0.4, -0.2) is 23.0 Å². The Morgan fingerprint density at radius 1 is 1.42 bits per heavy atom. The zero-order valence-electron chi connectivity index (χ0n) is 11.2. The molecule has 0 saturated carbocycles. The van der Waals surface area contributed by atoms with Crippen LogP contribution in [0.15, 0.2) is 35.5 Å². The number of carbonyl (C=O) groups excluding carboxylic acids is 1. The summed E-state index contributed by atoms with van der Waals surface area (Å²) in [7, 11) is 0. The van der Waals surface area contributed by atoms with Crippen LogP contribution in [0.5, 0.6) is 0 Å². The SMILES string of the molecule is CCC(NC(=O)CCCc1ccccc1)/C(N)=N/O. The van der Waals surface area contributed by atoms with E-state index in [1.165, 1.54) is 5.56 Å². The molecule has 0 fully saturated rings. The standard InChI is InChI=1S/C14H21N3O2/c1-2-12(14(15)17-19)16-13(18)10-6-9-11-7-4-3-5-8-11/h3-5,7-8,12,19H,2,6,9-10H2,1H3,(H2,15,17)(H,16,18). The average Bonchev–Trinajstić information content (AvgIpc) is 2.45. The Morgan fingerprint density at radius 2 is 2.11 bits per heavy atom. The first-order valence-electron chi connectivity index (χ1n) is 6.48. The third kappa shape index (κ3) is 5.42. The number of benzene rings is 1. The van der Waals surface area contributed by atoms with E-state index in [1.54, 1.807) is 0 Å². The third-order valence-electron chi connectivity index (χ3n) is 2.93. The number of nitrogens with one attached hydrogen (secondary N) is 1. The van der Waals surface area contributed by atoms with E-state index in [0.29, 0.717) is 12.8 Å². The molecule has 5 heteroatoms. The van der Waals surface area contributed by atoms with Crippen LogP contribution in [-0.2, 0) is 11.2 Å². The van der Waals surface area contributed by atoms with E-state index in [9.17, 15) is 4.79 Å². The predicted octanol–water partition coefficient (Wildman–Crippen LogP) is 1.65. The second kappa shape index (κ2) is 8.13. The van der Waals surface area contributed by atoms with Crippen molar-refractivity contribution in [1.29, 1.82) is 0 Å². The van der Waals surface area contributed by atoms with Crippen LogP contribution in [0.1, 0.15) is 31.7 Å². The highest BCUT2D eigenvalue weighted by Crippen LogP contribution is 2.04. The minimum Gasteiger partial charge on any atom is -0.409 e. The van der Waals surface area contributed by atoms with Crippen molar-refractivity contribution in [2.45, 2.75) is 38.6 Å². The van der Waals surface area contributed by atoms with E-state index in [2.05, 4.69) is 10.5 Å². The maximum Gasteiger partial charge on any atom is 0.220 e. The molecule has 1 amide bonds. The quantitative estimate of drug-likeness (QED) is 0.302. The van der Waals surface area contributed by atoms with Crippen LogP contribution < -0.4 is 11.1 Å². The van der Waals surface area contributed by atoms with Crippen molar-refractivity contribution in [2.75, 3.05) is 0 Å². The maximum atomic E-state index is 11.7. The van der Waals surface area contributed by atoms with Gasteiger partial charge in [0.2, 0.25) is 5.91 Å². The van der Waals surface area contributed by atoms with Gasteiger partial charge < -0.3 is 16.3 Å². The number of carbonyl (C=O) groups is 1. The molecule has 0 aliphatic rings. The number of hydrogen-bond acceptors (Lipinski definition) is 3. The average molecular weight is 263 g/mol. The molecule has 0 heterocycles. The normalized spacial score (nSPS) is 13.0. The zero-order valence-corrected chi connectivity index (χ0v) is 11.2. The van der Waals surface area contributed by atoms with Gasteiger partial charge in [-0.2, -0.15) is 0 Å². The fourth-order valence-electron chi connectivity index (χ4n) is 1.82. The van der Waals surface area contributed by atoms with Gasteiger partial charge in [0.1, 0.15) is 0 Å². The van der Waals surface area contributed by atoms with Crippen molar-refractivity contribution in [3.05, 3.63) is 35.9 Å². The van der Waals surface area contributed by atoms with Gasteiger partial charge in [0.25, 0.3) is 0 Å². The van der Waals surface area contributed by atoms with Crippen molar-refractivity contribution in [1.82, 2.24) is 5.32 Å². The van der Waals surface area contributed by atoms with Gasteiger partial charge in [-0.15, -0.1) is 0 Å². The maximum absolute atomic E-state index is 11.7. The predicted molar refractivity (Wildman–Crippen MR) is 75.0 cm³/mol. The zero-order chi connectivity index (χ0) is 14.1. The topological polar surface area (TPSA) is 87.7 Å². The van der Waals surface area contributed by atoms with Crippen LogP contribution in [0, 0.1) is 0 Å². The fourth-order valence-corrected chi connectivity index (χ4v) is 1.82. The van der Waals surface area contributed by atoms with Gasteiger partial charge in [0, 0.05) is 6.42 Å². The second-order valence-electron chi connectivity index (χ2n) is 4.39. The minimum absolute atomic E-state index is 0.0407. The number of nitrogens with zero attached hydrogens (tertiary/aromatic N) is 1. The number of nitrogens with two attached hydrogens (primary N) is 1. The van der Waals surface area contributed by atoms with E-state index in [-0.39, 0.29) is 11.7 Å². The molecular formula is C14H21N3O2. The molecule has 1 rings (SSSR count). The smallest absolute Gasteiger partial charge is 0.220 e. The lowest BCUT2D eigenvalue weighted by Gasteiger charge is -2.15. The molecule has 19 heavy (non-hydrogen) atoms. The summed E-state index contributed by atoms with van der Waals surface area (Å²) in [5, 5.41) is 14.3. The molecule has 1 aromatic carbocycles. The molecule has 0 aliphatic heterocycles. The van der Waals surface area contributed by atoms with Crippen molar-refractivity contribution in [3.8, 4) is 0 Å². The van der Waals surface area contributed by atoms with E-state index >= 15 is 0 Å². The molecular weight excluding hydrogens is 242 g/mol. The lowest BCUT2D eigenvalue weighted by molar-refractivity contribution is -0.121. The summed E-state index contributed by atoms with van der Waals surface area (Å²) in [6, 6.07) is 9.64. The van der Waals surface area contributed by atoms with Crippen LogP contribution in [0.2, 0.25) is 0 Å². The van der Waals surface area contributed by atoms with Crippen LogP contribution in [0.3, 0.4) is 0 Å². The summed E-state index contributed by atoms with van der Waals surface area (Å²) in [6.07, 6.45) is 2.68. The Morgan fingerprint density at radius 3 is 2.68 bits per heavy atom. The number of oxime groups is 1. The van der Waals surface area contributed by atoms with Gasteiger partial charge in [0.15, 0.2) is 5.84 Å². The second-order valence-corrected chi connectivity index (χ2v) is 4.39. The summed E-state index contributed by atoms with van der Waals surface area (Å²) < 4.78 is 0. The molecule has 0 spiro atoms. The van der Waals surface area contributed by atoms with Crippen LogP contribution in [0.25, 0.3) is 0 Å². The molecule has 4 N–H and O–H groups in total. The van der Waals surface area contributed by atoms with E-state index in [0.717, 1.165) is 12.8 Å². The highest BCUT2D eigenvalue weighted by Gasteiger charge is 2.14. The summed E-state index contributed by atoms with van der Waals surface area (Å²) in [5.74, 6) is -0.0340. The van der Waals surface area contributed by atoms with Gasteiger partial charge >= 0.3 is 0 Å². The number of amidine groups is 1. The van der Waals surface area contributed by atoms with Crippen molar-refractivity contribution in [3.63, 3.8) is 0 Å². The Kier molecular flexibility index (Phi) is 6.43. The summed E-state index contributed by atoms with van der Waals surface area (Å²) >= 11 is 0. The van der Waals surface area contributed by atoms with Gasteiger partial charge in [-0.1, -0.05) is 42.4 Å². The van der Waals surface area contributed by atoms with Crippen LogP contribution >= 0.6 is 0 Å². The molecule has 0 saturated heterocycles. The molecule has 0 aromatic heterocycles. The Balaban J connectivity index is 2.31. The first-order valence-corrected chi connectivity index (χ1v) is 6.48. The Hall–Kier alpha value is -2.04. The van der Waals surface area contributed by atoms with Crippen molar-refractivity contribution >= 4 is 11.7 Å². The van der Waals surface area contributed by atoms with Crippen LogP contribution in [0.4, 0.5) is 0 Å². The third-order valence-corrected chi connectivity index (χ3v) is 2.93. The first kappa shape index (κ1) is 15.0. The lowest BCUT2D eigenvalue weighted by Crippen LogP contribution is -2.44. The Labute approximate surface area is 113 Å². The molecule has 5 nitrogen and oxygen atoms in total. The molecule has 0 radical (unpaired) electrons. The van der Waals surface area contributed by atoms with Gasteiger partial charge in [-0.3, -0.25) is 4.79 Å². The summed E-state index contributed by atoms with van der Waals surface area (Å²) in [5.41, 5.74) is 6.70. The molecule has 104 valence electrons. The number of aryl methyl sites for hydroxylation is 1. The molecule has 1 atom stereocenters. The largest absolute Gasteiger partial charge is 0.409 e. The van der Waals surface area contributed by atoms with Crippen molar-refractivity contribution in [2.24, 2.45) is 10.9 Å². The lowest BCUT2D eigenvalue weighted by atomic mass is 10.1. The Bertz CT molecular complexity index is 418. The molecule has 0 aliphatic carbocycles. The number of hydrogen-bond donors (Lipinski definition) is 3. The van der Waals surface area contributed by atoms with Gasteiger partial charge in [-0.05, 0) is 24.8 Å². The molecule has 0 bridgehead atoms. The monoisotopic (exact) mass is 263 g/mol. The van der Waals surface area contributed by atoms with Gasteiger partial charge in [-0.25, -0.2) is 0 Å². The fraction of sp³-hybridized carbons (Fsp3) is 0.429. The van der Waals surface area contributed by atoms with E-state index in [1.807, 2.05) is 37.3 Å². The van der Waals surface area contributed by atoms with E-state index < -0.39 is 6.04 Å². The summed E-state index contributed by atoms with van der Waals surface area (Å²) in [6.45, 7) is 1.87. The summed E-state index contributed by atoms with van der Waals surface area (Å²) in [4.78, 5) is 11.7. The molecule has 1 aromatic rings. The minimum atomic E-state index is -0.394. The van der Waals surface area contributed by atoms with E-state index in [4.69, 9.17) is 10.9 Å². The first-order chi connectivity index (χ1) is 9.17.